The van der Waals surface area contributed by atoms with Crippen LogP contribution in [0.1, 0.15) is 33.4 Å². The lowest BCUT2D eigenvalue weighted by Gasteiger charge is -2.09. The van der Waals surface area contributed by atoms with E-state index in [1.807, 2.05) is 72.8 Å². The molecule has 0 aromatic heterocycles. The summed E-state index contributed by atoms with van der Waals surface area (Å²) >= 11 is 0. The first-order valence-corrected chi connectivity index (χ1v) is 12.4. The molecule has 32 heavy (non-hydrogen) atoms. The Morgan fingerprint density at radius 2 is 0.938 bits per heavy atom. The van der Waals surface area contributed by atoms with Crippen molar-refractivity contribution in [1.29, 1.82) is 0 Å². The molecule has 0 fully saturated rings. The van der Waals surface area contributed by atoms with Crippen molar-refractivity contribution in [2.75, 3.05) is 0 Å². The van der Waals surface area contributed by atoms with E-state index in [9.17, 15) is 8.42 Å². The van der Waals surface area contributed by atoms with Gasteiger partial charge in [-0.15, -0.1) is 12.8 Å². The second-order valence-electron chi connectivity index (χ2n) is 7.09. The molecule has 3 aromatic carbocycles. The lowest BCUT2D eigenvalue weighted by atomic mass is 10.1. The minimum absolute atomic E-state index is 0.354. The minimum Gasteiger partial charge on any atom is -0.254 e. The van der Waals surface area contributed by atoms with Crippen LogP contribution in [0.2, 0.25) is 0 Å². The first kappa shape index (κ1) is 23.2. The summed E-state index contributed by atoms with van der Waals surface area (Å²) in [4.78, 5) is 1.12. The highest BCUT2D eigenvalue weighted by molar-refractivity contribution is 7.94. The van der Waals surface area contributed by atoms with Gasteiger partial charge in [-0.25, -0.2) is 0 Å². The van der Waals surface area contributed by atoms with Gasteiger partial charge in [0.15, 0.2) is 0 Å². The third-order valence-corrected chi connectivity index (χ3v) is 7.68. The molecule has 0 saturated heterocycles. The highest BCUT2D eigenvalue weighted by Gasteiger charge is 2.11. The standard InChI is InChI=1S/C28H22O2S2/c1-5-23-11-15-27(16-12-23)21(3)31(29)19-25-7-9-26(10-8-25)20-32(30)22(4)28-17-13-24(6-2)14-18-28/h1-2,7-18H,3-4,19-20H2. The van der Waals surface area contributed by atoms with Crippen LogP contribution in [0.5, 0.6) is 0 Å². The van der Waals surface area contributed by atoms with Crippen molar-refractivity contribution >= 4 is 31.4 Å². The maximum atomic E-state index is 12.7. The van der Waals surface area contributed by atoms with Gasteiger partial charge in [0.05, 0.1) is 33.1 Å². The third kappa shape index (κ3) is 5.83. The monoisotopic (exact) mass is 454 g/mol. The molecule has 0 N–H and O–H groups in total. The van der Waals surface area contributed by atoms with Gasteiger partial charge in [0.25, 0.3) is 0 Å². The molecule has 0 aliphatic carbocycles. The second kappa shape index (κ2) is 10.7. The number of hydrogen-bond acceptors (Lipinski definition) is 2. The summed E-state index contributed by atoms with van der Waals surface area (Å²) < 4.78 is 25.4. The van der Waals surface area contributed by atoms with Gasteiger partial charge in [-0.05, 0) is 46.5 Å². The SMILES string of the molecule is C#Cc1ccc(C(=C)S(=O)Cc2ccc(CS(=O)C(=C)c3ccc(C#C)cc3)cc2)cc1. The Kier molecular flexibility index (Phi) is 7.79. The predicted molar refractivity (Wildman–Crippen MR) is 137 cm³/mol. The van der Waals surface area contributed by atoms with Crippen molar-refractivity contribution in [2.45, 2.75) is 11.5 Å². The average molecular weight is 455 g/mol. The van der Waals surface area contributed by atoms with Crippen LogP contribution in [-0.4, -0.2) is 8.42 Å². The Morgan fingerprint density at radius 1 is 0.625 bits per heavy atom. The Morgan fingerprint density at radius 3 is 1.22 bits per heavy atom. The summed E-state index contributed by atoms with van der Waals surface area (Å²) in [6.07, 6.45) is 10.7. The van der Waals surface area contributed by atoms with Gasteiger partial charge in [-0.2, -0.15) is 0 Å². The molecule has 0 saturated carbocycles. The third-order valence-electron chi connectivity index (χ3n) is 4.92. The second-order valence-corrected chi connectivity index (χ2v) is 10.0. The predicted octanol–water partition coefficient (Wildman–Crippen LogP) is 5.49. The van der Waals surface area contributed by atoms with Crippen LogP contribution in [0, 0.1) is 24.7 Å². The molecule has 0 heterocycles. The van der Waals surface area contributed by atoms with E-state index in [0.29, 0.717) is 21.3 Å². The molecule has 2 nitrogen and oxygen atoms in total. The van der Waals surface area contributed by atoms with Crippen molar-refractivity contribution in [3.63, 3.8) is 0 Å². The smallest absolute Gasteiger partial charge is 0.0574 e. The molecule has 2 unspecified atom stereocenters. The molecule has 0 amide bonds. The van der Waals surface area contributed by atoms with Crippen LogP contribution in [0.3, 0.4) is 0 Å². The molecular formula is C28H22O2S2. The van der Waals surface area contributed by atoms with Gasteiger partial charge >= 0.3 is 0 Å². The molecule has 4 heteroatoms. The minimum atomic E-state index is -1.26. The fraction of sp³-hybridized carbons (Fsp3) is 0.0714. The van der Waals surface area contributed by atoms with E-state index in [1.165, 1.54) is 0 Å². The number of terminal acetylenes is 2. The molecule has 3 rings (SSSR count). The van der Waals surface area contributed by atoms with Gasteiger partial charge in [0.2, 0.25) is 0 Å². The topological polar surface area (TPSA) is 34.1 Å². The van der Waals surface area contributed by atoms with Crippen LogP contribution in [0.4, 0.5) is 0 Å². The fourth-order valence-electron chi connectivity index (χ4n) is 2.98. The van der Waals surface area contributed by atoms with E-state index in [4.69, 9.17) is 12.8 Å². The number of hydrogen-bond donors (Lipinski definition) is 0. The summed E-state index contributed by atoms with van der Waals surface area (Å²) in [5, 5.41) is 0. The van der Waals surface area contributed by atoms with Crippen molar-refractivity contribution in [1.82, 2.24) is 0 Å². The molecule has 0 bridgehead atoms. The van der Waals surface area contributed by atoms with Gasteiger partial charge in [-0.3, -0.25) is 8.42 Å². The lowest BCUT2D eigenvalue weighted by molar-refractivity contribution is 0.687. The summed E-state index contributed by atoms with van der Waals surface area (Å²) in [5.74, 6) is 5.83. The van der Waals surface area contributed by atoms with Crippen LogP contribution >= 0.6 is 0 Å². The van der Waals surface area contributed by atoms with Gasteiger partial charge in [-0.1, -0.05) is 73.5 Å². The van der Waals surface area contributed by atoms with Crippen molar-refractivity contribution in [3.05, 3.63) is 119 Å². The van der Waals surface area contributed by atoms with Crippen LogP contribution in [-0.2, 0) is 33.1 Å². The molecule has 0 aliphatic rings. The maximum Gasteiger partial charge on any atom is 0.0574 e. The summed E-state index contributed by atoms with van der Waals surface area (Å²) in [6.45, 7) is 7.96. The molecule has 0 aliphatic heterocycles. The quantitative estimate of drug-likeness (QED) is 0.422. The maximum absolute atomic E-state index is 12.7. The highest BCUT2D eigenvalue weighted by Crippen LogP contribution is 2.22. The van der Waals surface area contributed by atoms with Crippen LogP contribution < -0.4 is 0 Å². The average Bonchev–Trinajstić information content (AvgIpc) is 2.84. The van der Waals surface area contributed by atoms with Crippen LogP contribution in [0.15, 0.2) is 86.0 Å². The summed E-state index contributed by atoms with van der Waals surface area (Å²) in [6, 6.07) is 22.2. The van der Waals surface area contributed by atoms with Crippen LogP contribution in [0.25, 0.3) is 9.81 Å². The van der Waals surface area contributed by atoms with Gasteiger partial charge in [0.1, 0.15) is 0 Å². The molecule has 0 spiro atoms. The fourth-order valence-corrected chi connectivity index (χ4v) is 5.11. The Labute approximate surface area is 195 Å². The molecule has 2 atom stereocenters. The van der Waals surface area contributed by atoms with E-state index < -0.39 is 21.6 Å². The zero-order valence-corrected chi connectivity index (χ0v) is 19.2. The lowest BCUT2D eigenvalue weighted by Crippen LogP contribution is -2.00. The van der Waals surface area contributed by atoms with E-state index in [-0.39, 0.29) is 0 Å². The summed E-state index contributed by atoms with van der Waals surface area (Å²) in [5.41, 5.74) is 5.00. The first-order chi connectivity index (χ1) is 15.4. The highest BCUT2D eigenvalue weighted by atomic mass is 32.2. The first-order valence-electron chi connectivity index (χ1n) is 9.77. The molecular weight excluding hydrogens is 432 g/mol. The zero-order chi connectivity index (χ0) is 23.1. The zero-order valence-electron chi connectivity index (χ0n) is 17.5. The summed E-state index contributed by atoms with van der Waals surface area (Å²) in [7, 11) is -2.52. The number of rotatable bonds is 8. The molecule has 158 valence electrons. The number of benzene rings is 3. The molecule has 3 aromatic rings. The Balaban J connectivity index is 1.60. The Hall–Kier alpha value is -3.44. The van der Waals surface area contributed by atoms with E-state index in [0.717, 1.165) is 33.4 Å². The van der Waals surface area contributed by atoms with E-state index in [2.05, 4.69) is 25.0 Å². The van der Waals surface area contributed by atoms with E-state index >= 15 is 0 Å². The molecule has 0 radical (unpaired) electrons. The van der Waals surface area contributed by atoms with Crippen molar-refractivity contribution in [3.8, 4) is 24.7 Å². The van der Waals surface area contributed by atoms with E-state index in [1.54, 1.807) is 0 Å². The normalized spacial score (nSPS) is 12.2. The largest absolute Gasteiger partial charge is 0.254 e. The van der Waals surface area contributed by atoms with Crippen molar-refractivity contribution < 1.29 is 8.42 Å². The van der Waals surface area contributed by atoms with Gasteiger partial charge in [0, 0.05) is 20.9 Å². The van der Waals surface area contributed by atoms with Crippen molar-refractivity contribution in [2.24, 2.45) is 0 Å². The van der Waals surface area contributed by atoms with Gasteiger partial charge < -0.3 is 0 Å². The Bertz CT molecular complexity index is 1170.